The molecule has 3 N–H and O–H groups in total. The van der Waals surface area contributed by atoms with E-state index in [4.69, 9.17) is 15.2 Å². The third-order valence-electron chi connectivity index (χ3n) is 5.45. The Labute approximate surface area is 183 Å². The van der Waals surface area contributed by atoms with Crippen LogP contribution >= 0.6 is 0 Å². The van der Waals surface area contributed by atoms with Gasteiger partial charge in [-0.2, -0.15) is 0 Å². The number of methoxy groups -OCH3 is 2. The van der Waals surface area contributed by atoms with E-state index in [1.807, 2.05) is 30.3 Å². The van der Waals surface area contributed by atoms with Crippen LogP contribution in [0.25, 0.3) is 0 Å². The average Bonchev–Trinajstić information content (AvgIpc) is 2.80. The third kappa shape index (κ3) is 5.88. The van der Waals surface area contributed by atoms with E-state index in [1.165, 1.54) is 0 Å². The summed E-state index contributed by atoms with van der Waals surface area (Å²) in [5.74, 6) is 2.17. The van der Waals surface area contributed by atoms with Gasteiger partial charge in [0.1, 0.15) is 11.5 Å². The van der Waals surface area contributed by atoms with Crippen molar-refractivity contribution in [2.24, 2.45) is 10.7 Å². The summed E-state index contributed by atoms with van der Waals surface area (Å²) < 4.78 is 10.9. The van der Waals surface area contributed by atoms with Crippen LogP contribution in [0.3, 0.4) is 0 Å². The Kier molecular flexibility index (Phi) is 7.72. The zero-order chi connectivity index (χ0) is 22.2. The molecule has 0 aliphatic carbocycles. The van der Waals surface area contributed by atoms with Crippen molar-refractivity contribution in [3.8, 4) is 11.5 Å². The normalized spacial score (nSPS) is 14.9. The predicted molar refractivity (Wildman–Crippen MR) is 122 cm³/mol. The molecule has 31 heavy (non-hydrogen) atoms. The molecule has 1 aliphatic rings. The molecule has 1 amide bonds. The zero-order valence-electron chi connectivity index (χ0n) is 18.4. The smallest absolute Gasteiger partial charge is 0.248 e. The second-order valence-corrected chi connectivity index (χ2v) is 7.40. The lowest BCUT2D eigenvalue weighted by molar-refractivity contribution is 0.100. The molecule has 0 aromatic heterocycles. The molecule has 8 heteroatoms. The summed E-state index contributed by atoms with van der Waals surface area (Å²) in [5, 5.41) is 3.41. The van der Waals surface area contributed by atoms with Crippen LogP contribution in [0.5, 0.6) is 11.5 Å². The molecule has 2 aromatic carbocycles. The van der Waals surface area contributed by atoms with Gasteiger partial charge in [-0.3, -0.25) is 14.7 Å². The molecule has 0 radical (unpaired) electrons. The van der Waals surface area contributed by atoms with Gasteiger partial charge in [-0.25, -0.2) is 0 Å². The topological polar surface area (TPSA) is 92.4 Å². The Balaban J connectivity index is 1.52. The monoisotopic (exact) mass is 425 g/mol. The maximum absolute atomic E-state index is 11.2. The van der Waals surface area contributed by atoms with Crippen molar-refractivity contribution in [1.29, 1.82) is 0 Å². The van der Waals surface area contributed by atoms with Crippen molar-refractivity contribution >= 4 is 11.9 Å². The third-order valence-corrected chi connectivity index (χ3v) is 5.45. The first kappa shape index (κ1) is 22.4. The number of carbonyl (C=O) groups is 1. The highest BCUT2D eigenvalue weighted by molar-refractivity contribution is 5.92. The minimum absolute atomic E-state index is 0.417. The number of aliphatic imine (C=N–C) groups is 1. The van der Waals surface area contributed by atoms with E-state index in [0.717, 1.165) is 61.3 Å². The minimum Gasteiger partial charge on any atom is -0.497 e. The summed E-state index contributed by atoms with van der Waals surface area (Å²) in [4.78, 5) is 20.3. The number of carbonyl (C=O) groups excluding carboxylic acids is 1. The maximum atomic E-state index is 11.2. The lowest BCUT2D eigenvalue weighted by Gasteiger charge is -2.36. The average molecular weight is 426 g/mol. The van der Waals surface area contributed by atoms with Crippen molar-refractivity contribution in [1.82, 2.24) is 15.1 Å². The fraction of sp³-hybridized carbons (Fsp3) is 0.391. The molecule has 166 valence electrons. The Hall–Kier alpha value is -3.26. The summed E-state index contributed by atoms with van der Waals surface area (Å²) in [5.41, 5.74) is 8.00. The van der Waals surface area contributed by atoms with Gasteiger partial charge in [-0.15, -0.1) is 0 Å². The first-order chi connectivity index (χ1) is 15.0. The highest BCUT2D eigenvalue weighted by Gasteiger charge is 2.20. The summed E-state index contributed by atoms with van der Waals surface area (Å²) in [6, 6.07) is 13.2. The van der Waals surface area contributed by atoms with Gasteiger partial charge in [0.25, 0.3) is 0 Å². The van der Waals surface area contributed by atoms with E-state index in [-0.39, 0.29) is 0 Å². The molecule has 2 aromatic rings. The van der Waals surface area contributed by atoms with E-state index in [9.17, 15) is 4.79 Å². The highest BCUT2D eigenvalue weighted by Crippen LogP contribution is 2.25. The molecular formula is C23H31N5O3. The second-order valence-electron chi connectivity index (χ2n) is 7.40. The molecule has 8 nitrogen and oxygen atoms in total. The molecule has 1 fully saturated rings. The van der Waals surface area contributed by atoms with Crippen molar-refractivity contribution < 1.29 is 14.3 Å². The fourth-order valence-electron chi connectivity index (χ4n) is 3.66. The van der Waals surface area contributed by atoms with Gasteiger partial charge in [0.15, 0.2) is 5.96 Å². The molecule has 0 bridgehead atoms. The molecule has 0 atom stereocenters. The van der Waals surface area contributed by atoms with Gasteiger partial charge in [0, 0.05) is 57.4 Å². The van der Waals surface area contributed by atoms with Crippen LogP contribution in [0.2, 0.25) is 0 Å². The van der Waals surface area contributed by atoms with Crippen LogP contribution in [-0.4, -0.2) is 69.1 Å². The standard InChI is InChI=1S/C23H31N5O3/c1-25-23(26-15-17-4-6-18(7-5-17)22(24)29)28-12-10-27(11-13-28)16-19-14-20(30-2)8-9-21(19)31-3/h4-9,14H,10-13,15-16H2,1-3H3,(H2,24,29)(H,25,26). The first-order valence-corrected chi connectivity index (χ1v) is 10.3. The molecular weight excluding hydrogens is 394 g/mol. The largest absolute Gasteiger partial charge is 0.497 e. The Morgan fingerprint density at radius 2 is 1.77 bits per heavy atom. The second kappa shape index (κ2) is 10.7. The van der Waals surface area contributed by atoms with Crippen LogP contribution in [0.4, 0.5) is 0 Å². The van der Waals surface area contributed by atoms with Crippen molar-refractivity contribution in [2.45, 2.75) is 13.1 Å². The SMILES string of the molecule is CN=C(NCc1ccc(C(N)=O)cc1)N1CCN(Cc2cc(OC)ccc2OC)CC1. The van der Waals surface area contributed by atoms with Crippen molar-refractivity contribution in [2.75, 3.05) is 47.4 Å². The number of nitrogens with zero attached hydrogens (tertiary/aromatic N) is 3. The predicted octanol–water partition coefficient (Wildman–Crippen LogP) is 1.70. The Morgan fingerprint density at radius 3 is 2.35 bits per heavy atom. The van der Waals surface area contributed by atoms with E-state index >= 15 is 0 Å². The number of guanidine groups is 1. The van der Waals surface area contributed by atoms with Crippen LogP contribution in [0.15, 0.2) is 47.5 Å². The number of primary amides is 1. The molecule has 1 aliphatic heterocycles. The molecule has 0 saturated carbocycles. The molecule has 1 heterocycles. The minimum atomic E-state index is -0.417. The van der Waals surface area contributed by atoms with E-state index in [1.54, 1.807) is 33.4 Å². The van der Waals surface area contributed by atoms with Gasteiger partial charge in [0.05, 0.1) is 14.2 Å². The number of ether oxygens (including phenoxy) is 2. The highest BCUT2D eigenvalue weighted by atomic mass is 16.5. The fourth-order valence-corrected chi connectivity index (χ4v) is 3.66. The lowest BCUT2D eigenvalue weighted by atomic mass is 10.1. The number of benzene rings is 2. The quantitative estimate of drug-likeness (QED) is 0.518. The first-order valence-electron chi connectivity index (χ1n) is 10.3. The number of rotatable bonds is 7. The van der Waals surface area contributed by atoms with Gasteiger partial charge in [-0.1, -0.05) is 12.1 Å². The number of amides is 1. The number of nitrogens with one attached hydrogen (secondary N) is 1. The van der Waals surface area contributed by atoms with Gasteiger partial charge < -0.3 is 25.4 Å². The van der Waals surface area contributed by atoms with E-state index in [2.05, 4.69) is 20.1 Å². The molecule has 3 rings (SSSR count). The van der Waals surface area contributed by atoms with Gasteiger partial charge >= 0.3 is 0 Å². The molecule has 0 spiro atoms. The number of piperazine rings is 1. The van der Waals surface area contributed by atoms with Crippen molar-refractivity contribution in [3.63, 3.8) is 0 Å². The summed E-state index contributed by atoms with van der Waals surface area (Å²) in [7, 11) is 5.17. The number of hydrogen-bond acceptors (Lipinski definition) is 5. The van der Waals surface area contributed by atoms with Gasteiger partial charge in [-0.05, 0) is 35.9 Å². The molecule has 1 saturated heterocycles. The lowest BCUT2D eigenvalue weighted by Crippen LogP contribution is -2.52. The van der Waals surface area contributed by atoms with Gasteiger partial charge in [0.2, 0.25) is 5.91 Å². The van der Waals surface area contributed by atoms with Crippen LogP contribution in [0, 0.1) is 0 Å². The molecule has 0 unspecified atom stereocenters. The van der Waals surface area contributed by atoms with Crippen LogP contribution in [0.1, 0.15) is 21.5 Å². The number of nitrogens with two attached hydrogens (primary N) is 1. The van der Waals surface area contributed by atoms with Crippen molar-refractivity contribution in [3.05, 3.63) is 59.2 Å². The van der Waals surface area contributed by atoms with Crippen LogP contribution < -0.4 is 20.5 Å². The van der Waals surface area contributed by atoms with E-state index in [0.29, 0.717) is 12.1 Å². The zero-order valence-corrected chi connectivity index (χ0v) is 18.4. The summed E-state index contributed by atoms with van der Waals surface area (Å²) >= 11 is 0. The Morgan fingerprint density at radius 1 is 1.06 bits per heavy atom. The Bertz CT molecular complexity index is 906. The summed E-state index contributed by atoms with van der Waals surface area (Å²) in [6.45, 7) is 5.06. The summed E-state index contributed by atoms with van der Waals surface area (Å²) in [6.07, 6.45) is 0. The van der Waals surface area contributed by atoms with Crippen LogP contribution in [-0.2, 0) is 13.1 Å². The van der Waals surface area contributed by atoms with E-state index < -0.39 is 5.91 Å². The maximum Gasteiger partial charge on any atom is 0.248 e. The number of hydrogen-bond donors (Lipinski definition) is 2.